The van der Waals surface area contributed by atoms with Crippen LogP contribution in [-0.4, -0.2) is 31.2 Å². The van der Waals surface area contributed by atoms with Gasteiger partial charge < -0.3 is 14.8 Å². The second kappa shape index (κ2) is 7.96. The Kier molecular flexibility index (Phi) is 5.47. The zero-order valence-electron chi connectivity index (χ0n) is 14.3. The summed E-state index contributed by atoms with van der Waals surface area (Å²) in [5.74, 6) is 1.42. The van der Waals surface area contributed by atoms with E-state index >= 15 is 0 Å². The molecule has 0 saturated carbocycles. The highest BCUT2D eigenvalue weighted by molar-refractivity contribution is 5.82. The lowest BCUT2D eigenvalue weighted by molar-refractivity contribution is -0.123. The number of amides is 1. The summed E-state index contributed by atoms with van der Waals surface area (Å²) in [6.45, 7) is 0.460. The number of hydrazine groups is 1. The third kappa shape index (κ3) is 4.07. The van der Waals surface area contributed by atoms with Crippen molar-refractivity contribution >= 4 is 5.91 Å². The molecule has 2 unspecified atom stereocenters. The monoisotopic (exact) mass is 342 g/mol. The van der Waals surface area contributed by atoms with E-state index < -0.39 is 0 Å². The van der Waals surface area contributed by atoms with Crippen molar-refractivity contribution in [3.05, 3.63) is 53.9 Å². The molecule has 1 aliphatic rings. The highest BCUT2D eigenvalue weighted by atomic mass is 16.5. The number of ether oxygens (including phenoxy) is 2. The van der Waals surface area contributed by atoms with Gasteiger partial charge in [-0.3, -0.25) is 9.78 Å². The van der Waals surface area contributed by atoms with Gasteiger partial charge in [0.25, 0.3) is 0 Å². The number of hydrogen-bond acceptors (Lipinski definition) is 6. The molecule has 1 amide bonds. The van der Waals surface area contributed by atoms with Crippen LogP contribution in [0, 0.1) is 0 Å². The minimum Gasteiger partial charge on any atom is -0.497 e. The van der Waals surface area contributed by atoms with Crippen molar-refractivity contribution in [2.75, 3.05) is 14.2 Å². The molecular formula is C18H22N4O3. The second-order valence-electron chi connectivity index (χ2n) is 5.82. The van der Waals surface area contributed by atoms with Gasteiger partial charge in [-0.2, -0.15) is 0 Å². The lowest BCUT2D eigenvalue weighted by Gasteiger charge is -2.15. The van der Waals surface area contributed by atoms with Crippen LogP contribution in [0.5, 0.6) is 11.5 Å². The largest absolute Gasteiger partial charge is 0.497 e. The molecule has 2 aromatic rings. The van der Waals surface area contributed by atoms with Crippen LogP contribution in [0.2, 0.25) is 0 Å². The van der Waals surface area contributed by atoms with E-state index in [0.29, 0.717) is 13.0 Å². The highest BCUT2D eigenvalue weighted by Crippen LogP contribution is 2.33. The summed E-state index contributed by atoms with van der Waals surface area (Å²) in [7, 11) is 3.24. The predicted molar refractivity (Wildman–Crippen MR) is 93.0 cm³/mol. The minimum absolute atomic E-state index is 0.0185. The van der Waals surface area contributed by atoms with Crippen molar-refractivity contribution in [3.63, 3.8) is 0 Å². The van der Waals surface area contributed by atoms with Crippen molar-refractivity contribution in [3.8, 4) is 11.5 Å². The van der Waals surface area contributed by atoms with E-state index in [1.54, 1.807) is 26.6 Å². The maximum Gasteiger partial charge on any atom is 0.238 e. The smallest absolute Gasteiger partial charge is 0.238 e. The molecule has 7 heteroatoms. The Labute approximate surface area is 146 Å². The number of pyridine rings is 1. The number of nitrogens with one attached hydrogen (secondary N) is 3. The van der Waals surface area contributed by atoms with Gasteiger partial charge in [-0.05, 0) is 24.1 Å². The fourth-order valence-electron chi connectivity index (χ4n) is 2.85. The molecule has 3 N–H and O–H groups in total. The van der Waals surface area contributed by atoms with Gasteiger partial charge in [-0.25, -0.2) is 10.9 Å². The van der Waals surface area contributed by atoms with Crippen LogP contribution in [0.3, 0.4) is 0 Å². The van der Waals surface area contributed by atoms with Gasteiger partial charge in [0.15, 0.2) is 0 Å². The summed E-state index contributed by atoms with van der Waals surface area (Å²) >= 11 is 0. The Morgan fingerprint density at radius 1 is 1.28 bits per heavy atom. The van der Waals surface area contributed by atoms with Crippen LogP contribution in [0.4, 0.5) is 0 Å². The number of rotatable bonds is 6. The Morgan fingerprint density at radius 2 is 2.16 bits per heavy atom. The fraction of sp³-hybridized carbons (Fsp3) is 0.333. The predicted octanol–water partition coefficient (Wildman–Crippen LogP) is 1.32. The molecule has 1 aromatic heterocycles. The molecule has 2 atom stereocenters. The van der Waals surface area contributed by atoms with E-state index in [0.717, 1.165) is 22.6 Å². The normalized spacial score (nSPS) is 19.4. The first-order chi connectivity index (χ1) is 12.2. The topological polar surface area (TPSA) is 84.5 Å². The van der Waals surface area contributed by atoms with Gasteiger partial charge >= 0.3 is 0 Å². The molecule has 25 heavy (non-hydrogen) atoms. The summed E-state index contributed by atoms with van der Waals surface area (Å²) in [5, 5.41) is 2.93. The summed E-state index contributed by atoms with van der Waals surface area (Å²) in [5.41, 5.74) is 8.18. The van der Waals surface area contributed by atoms with Crippen LogP contribution in [0.25, 0.3) is 0 Å². The third-order valence-corrected chi connectivity index (χ3v) is 4.23. The summed E-state index contributed by atoms with van der Waals surface area (Å²) in [4.78, 5) is 16.4. The van der Waals surface area contributed by atoms with E-state index in [-0.39, 0.29) is 18.0 Å². The van der Waals surface area contributed by atoms with Crippen LogP contribution in [-0.2, 0) is 11.3 Å². The van der Waals surface area contributed by atoms with E-state index in [4.69, 9.17) is 9.47 Å². The summed E-state index contributed by atoms with van der Waals surface area (Å²) in [6, 6.07) is 9.12. The number of nitrogens with zero attached hydrogens (tertiary/aromatic N) is 1. The van der Waals surface area contributed by atoms with Crippen LogP contribution in [0.1, 0.15) is 23.6 Å². The Bertz CT molecular complexity index is 724. The number of aromatic nitrogens is 1. The molecule has 0 spiro atoms. The maximum atomic E-state index is 12.4. The maximum absolute atomic E-state index is 12.4. The molecule has 132 valence electrons. The highest BCUT2D eigenvalue weighted by Gasteiger charge is 2.31. The second-order valence-corrected chi connectivity index (χ2v) is 5.82. The molecule has 1 aliphatic heterocycles. The van der Waals surface area contributed by atoms with Crippen LogP contribution < -0.4 is 25.6 Å². The number of carbonyl (C=O) groups excluding carboxylic acids is 1. The van der Waals surface area contributed by atoms with Crippen molar-refractivity contribution in [2.24, 2.45) is 0 Å². The van der Waals surface area contributed by atoms with Crippen LogP contribution >= 0.6 is 0 Å². The van der Waals surface area contributed by atoms with Gasteiger partial charge in [-0.1, -0.05) is 12.1 Å². The molecule has 0 radical (unpaired) electrons. The quantitative estimate of drug-likeness (QED) is 0.734. The van der Waals surface area contributed by atoms with Crippen molar-refractivity contribution in [1.29, 1.82) is 0 Å². The van der Waals surface area contributed by atoms with Crippen molar-refractivity contribution in [1.82, 2.24) is 21.2 Å². The Morgan fingerprint density at radius 3 is 2.88 bits per heavy atom. The Balaban J connectivity index is 1.60. The molecular weight excluding hydrogens is 320 g/mol. The van der Waals surface area contributed by atoms with E-state index in [9.17, 15) is 4.79 Å². The first-order valence-corrected chi connectivity index (χ1v) is 8.11. The number of methoxy groups -OCH3 is 2. The minimum atomic E-state index is -0.312. The number of carbonyl (C=O) groups is 1. The van der Waals surface area contributed by atoms with Gasteiger partial charge in [0.1, 0.15) is 17.5 Å². The van der Waals surface area contributed by atoms with Crippen molar-refractivity contribution in [2.45, 2.75) is 25.0 Å². The summed E-state index contributed by atoms with van der Waals surface area (Å²) < 4.78 is 10.7. The molecule has 1 fully saturated rings. The molecule has 3 rings (SSSR count). The van der Waals surface area contributed by atoms with Gasteiger partial charge in [-0.15, -0.1) is 0 Å². The lowest BCUT2D eigenvalue weighted by atomic mass is 10.0. The van der Waals surface area contributed by atoms with Crippen molar-refractivity contribution < 1.29 is 14.3 Å². The van der Waals surface area contributed by atoms with E-state index in [2.05, 4.69) is 21.2 Å². The lowest BCUT2D eigenvalue weighted by Crippen LogP contribution is -2.42. The van der Waals surface area contributed by atoms with E-state index in [1.165, 1.54) is 0 Å². The Hall–Kier alpha value is -2.64. The average Bonchev–Trinajstić information content (AvgIpc) is 3.16. The molecule has 7 nitrogen and oxygen atoms in total. The van der Waals surface area contributed by atoms with Crippen LogP contribution in [0.15, 0.2) is 42.7 Å². The first-order valence-electron chi connectivity index (χ1n) is 8.11. The fourth-order valence-corrected chi connectivity index (χ4v) is 2.85. The molecule has 0 bridgehead atoms. The summed E-state index contributed by atoms with van der Waals surface area (Å²) in [6.07, 6.45) is 4.08. The zero-order valence-corrected chi connectivity index (χ0v) is 14.3. The molecule has 1 aromatic carbocycles. The first kappa shape index (κ1) is 17.2. The number of benzene rings is 1. The van der Waals surface area contributed by atoms with Gasteiger partial charge in [0.05, 0.1) is 20.3 Å². The van der Waals surface area contributed by atoms with E-state index in [1.807, 2.05) is 30.3 Å². The molecule has 1 saturated heterocycles. The standard InChI is InChI=1S/C18H22N4O3/c1-24-13-5-6-14(17(8-13)25-2)15-9-16(22-21-15)18(23)20-11-12-4-3-7-19-10-12/h3-8,10,15-16,21-22H,9,11H2,1-2H3,(H,20,23). The van der Waals surface area contributed by atoms with Gasteiger partial charge in [0, 0.05) is 30.6 Å². The third-order valence-electron chi connectivity index (χ3n) is 4.23. The van der Waals surface area contributed by atoms with Gasteiger partial charge in [0.2, 0.25) is 5.91 Å². The molecule has 2 heterocycles. The number of hydrogen-bond donors (Lipinski definition) is 3. The zero-order chi connectivity index (χ0) is 17.6. The SMILES string of the molecule is COc1ccc(C2CC(C(=O)NCc3cccnc3)NN2)c(OC)c1. The average molecular weight is 342 g/mol. The molecule has 0 aliphatic carbocycles.